The van der Waals surface area contributed by atoms with E-state index in [1.165, 1.54) is 70.7 Å². The Morgan fingerprint density at radius 3 is 2.48 bits per heavy atom. The number of nitrogens with zero attached hydrogens (tertiary/aromatic N) is 2. The number of amides is 1. The van der Waals surface area contributed by atoms with E-state index in [1.807, 2.05) is 0 Å². The molecule has 2 fully saturated rings. The van der Waals surface area contributed by atoms with Gasteiger partial charge in [-0.25, -0.2) is 0 Å². The Morgan fingerprint density at radius 1 is 1.07 bits per heavy atom. The predicted octanol–water partition coefficient (Wildman–Crippen LogP) is 2.75. The van der Waals surface area contributed by atoms with E-state index in [0.717, 1.165) is 19.0 Å². The molecule has 0 aromatic carbocycles. The Balaban J connectivity index is 1.52. The highest BCUT2D eigenvalue weighted by atomic mass is 16.3. The molecule has 2 heterocycles. The van der Waals surface area contributed by atoms with Crippen LogP contribution in [-0.2, 0) is 0 Å². The number of furan rings is 1. The first-order valence-electron chi connectivity index (χ1n) is 11.3. The topological polar surface area (TPSA) is 81.9 Å². The first-order chi connectivity index (χ1) is 14.2. The average molecular weight is 404 g/mol. The van der Waals surface area contributed by atoms with E-state index in [9.17, 15) is 4.79 Å². The molecule has 1 aromatic rings. The van der Waals surface area contributed by atoms with Gasteiger partial charge in [-0.1, -0.05) is 25.7 Å². The summed E-state index contributed by atoms with van der Waals surface area (Å²) in [5.41, 5.74) is 0.231. The first kappa shape index (κ1) is 21.7. The Hall–Kier alpha value is -2.02. The van der Waals surface area contributed by atoms with Crippen LogP contribution in [0.1, 0.15) is 68.8 Å². The minimum Gasteiger partial charge on any atom is -0.459 e. The molecular weight excluding hydrogens is 366 g/mol. The molecule has 0 bridgehead atoms. The molecule has 3 N–H and O–H groups in total. The molecule has 162 valence electrons. The van der Waals surface area contributed by atoms with Crippen LogP contribution in [0.25, 0.3) is 0 Å². The van der Waals surface area contributed by atoms with Gasteiger partial charge in [-0.2, -0.15) is 0 Å². The molecule has 7 nitrogen and oxygen atoms in total. The summed E-state index contributed by atoms with van der Waals surface area (Å²) in [5.74, 6) is 0.984. The summed E-state index contributed by atoms with van der Waals surface area (Å²) >= 11 is 0. The minimum absolute atomic E-state index is 0.190. The maximum absolute atomic E-state index is 11.9. The van der Waals surface area contributed by atoms with Crippen molar-refractivity contribution >= 4 is 11.9 Å². The van der Waals surface area contributed by atoms with Gasteiger partial charge in [0.1, 0.15) is 0 Å². The van der Waals surface area contributed by atoms with Crippen LogP contribution in [0.2, 0.25) is 0 Å². The number of rotatable bonds is 8. The van der Waals surface area contributed by atoms with E-state index in [2.05, 4.69) is 27.8 Å². The molecule has 1 amide bonds. The van der Waals surface area contributed by atoms with Crippen molar-refractivity contribution in [3.8, 4) is 0 Å². The smallest absolute Gasteiger partial charge is 0.287 e. The number of piperidine rings is 1. The van der Waals surface area contributed by atoms with Gasteiger partial charge in [0.25, 0.3) is 5.91 Å². The maximum atomic E-state index is 11.9. The lowest BCUT2D eigenvalue weighted by molar-refractivity contribution is 0.0407. The lowest BCUT2D eigenvalue weighted by atomic mass is 9.79. The second kappa shape index (κ2) is 11.2. The highest BCUT2D eigenvalue weighted by Gasteiger charge is 2.38. The van der Waals surface area contributed by atoms with E-state index in [4.69, 9.17) is 9.41 Å². The molecule has 1 saturated heterocycles. The van der Waals surface area contributed by atoms with Crippen molar-refractivity contribution in [1.29, 1.82) is 0 Å². The molecule has 1 aliphatic heterocycles. The molecule has 0 spiro atoms. The summed E-state index contributed by atoms with van der Waals surface area (Å²) in [7, 11) is 0. The van der Waals surface area contributed by atoms with Crippen LogP contribution in [-0.4, -0.2) is 61.6 Å². The van der Waals surface area contributed by atoms with E-state index < -0.39 is 0 Å². The summed E-state index contributed by atoms with van der Waals surface area (Å²) in [6, 6.07) is 3.38. The van der Waals surface area contributed by atoms with Crippen LogP contribution in [0.15, 0.2) is 27.8 Å². The Bertz CT molecular complexity index is 632. The third kappa shape index (κ3) is 6.23. The van der Waals surface area contributed by atoms with Gasteiger partial charge >= 0.3 is 0 Å². The van der Waals surface area contributed by atoms with Crippen LogP contribution >= 0.6 is 0 Å². The van der Waals surface area contributed by atoms with E-state index in [0.29, 0.717) is 18.8 Å². The number of likely N-dealkylation sites (tertiary alicyclic amines) is 1. The van der Waals surface area contributed by atoms with Crippen LogP contribution in [0.5, 0.6) is 0 Å². The Labute approximate surface area is 174 Å². The average Bonchev–Trinajstić information content (AvgIpc) is 3.31. The number of guanidine groups is 1. The largest absolute Gasteiger partial charge is 0.459 e. The van der Waals surface area contributed by atoms with Gasteiger partial charge in [-0.05, 0) is 57.8 Å². The summed E-state index contributed by atoms with van der Waals surface area (Å²) in [6.45, 7) is 7.33. The molecule has 1 aromatic heterocycles. The first-order valence-corrected chi connectivity index (χ1v) is 11.3. The number of hydrogen-bond acceptors (Lipinski definition) is 4. The fourth-order valence-corrected chi connectivity index (χ4v) is 4.57. The molecule has 1 saturated carbocycles. The van der Waals surface area contributed by atoms with E-state index in [-0.39, 0.29) is 11.4 Å². The molecule has 1 aliphatic carbocycles. The zero-order valence-electron chi connectivity index (χ0n) is 17.8. The van der Waals surface area contributed by atoms with Crippen molar-refractivity contribution in [2.45, 2.75) is 63.8 Å². The molecule has 0 unspecified atom stereocenters. The molecule has 2 aliphatic rings. The van der Waals surface area contributed by atoms with Gasteiger partial charge in [-0.15, -0.1) is 0 Å². The van der Waals surface area contributed by atoms with Crippen molar-refractivity contribution < 1.29 is 9.21 Å². The number of hydrogen-bond donors (Lipinski definition) is 3. The standard InChI is InChI=1S/C22H37N5O2/c1-2-23-21(25-14-13-24-20(28)19-10-9-17-29-19)26-18-22(11-5-3-6-12-22)27-15-7-4-8-16-27/h9-10,17H,2-8,11-16,18H2,1H3,(H,24,28)(H2,23,25,26). The lowest BCUT2D eigenvalue weighted by Crippen LogP contribution is -2.54. The highest BCUT2D eigenvalue weighted by Crippen LogP contribution is 2.35. The number of aliphatic imine (C=N–C) groups is 1. The summed E-state index contributed by atoms with van der Waals surface area (Å²) < 4.78 is 5.11. The fraction of sp³-hybridized carbons (Fsp3) is 0.727. The van der Waals surface area contributed by atoms with Crippen molar-refractivity contribution in [2.75, 3.05) is 39.3 Å². The summed E-state index contributed by atoms with van der Waals surface area (Å²) in [5, 5.41) is 9.56. The molecule has 0 radical (unpaired) electrons. The highest BCUT2D eigenvalue weighted by molar-refractivity contribution is 5.91. The number of carbonyl (C=O) groups excluding carboxylic acids is 1. The normalized spacial score (nSPS) is 20.2. The van der Waals surface area contributed by atoms with Gasteiger partial charge in [0.15, 0.2) is 11.7 Å². The fourth-order valence-electron chi connectivity index (χ4n) is 4.57. The predicted molar refractivity (Wildman–Crippen MR) is 116 cm³/mol. The lowest BCUT2D eigenvalue weighted by Gasteiger charge is -2.47. The minimum atomic E-state index is -0.190. The monoisotopic (exact) mass is 403 g/mol. The van der Waals surface area contributed by atoms with Crippen molar-refractivity contribution in [3.05, 3.63) is 24.2 Å². The SMILES string of the molecule is CCNC(=NCC1(N2CCCCC2)CCCCC1)NCCNC(=O)c1ccco1. The second-order valence-corrected chi connectivity index (χ2v) is 8.19. The van der Waals surface area contributed by atoms with Crippen LogP contribution < -0.4 is 16.0 Å². The molecule has 3 rings (SSSR count). The zero-order valence-corrected chi connectivity index (χ0v) is 17.8. The Kier molecular flexibility index (Phi) is 8.40. The van der Waals surface area contributed by atoms with E-state index >= 15 is 0 Å². The third-order valence-electron chi connectivity index (χ3n) is 6.13. The summed E-state index contributed by atoms with van der Waals surface area (Å²) in [4.78, 5) is 19.6. The van der Waals surface area contributed by atoms with Gasteiger partial charge in [0.2, 0.25) is 0 Å². The molecular formula is C22H37N5O2. The van der Waals surface area contributed by atoms with Gasteiger partial charge in [0, 0.05) is 25.2 Å². The van der Waals surface area contributed by atoms with Crippen LogP contribution in [0.3, 0.4) is 0 Å². The quantitative estimate of drug-likeness (QED) is 0.353. The van der Waals surface area contributed by atoms with Crippen molar-refractivity contribution in [1.82, 2.24) is 20.9 Å². The van der Waals surface area contributed by atoms with Gasteiger partial charge < -0.3 is 20.4 Å². The van der Waals surface area contributed by atoms with E-state index in [1.54, 1.807) is 12.1 Å². The van der Waals surface area contributed by atoms with Crippen LogP contribution in [0.4, 0.5) is 0 Å². The molecule has 7 heteroatoms. The summed E-state index contributed by atoms with van der Waals surface area (Å²) in [6.07, 6.45) is 12.0. The van der Waals surface area contributed by atoms with Crippen LogP contribution in [0, 0.1) is 0 Å². The zero-order chi connectivity index (χ0) is 20.4. The van der Waals surface area contributed by atoms with Gasteiger partial charge in [-0.3, -0.25) is 14.7 Å². The van der Waals surface area contributed by atoms with Crippen molar-refractivity contribution in [3.63, 3.8) is 0 Å². The number of carbonyl (C=O) groups is 1. The molecule has 29 heavy (non-hydrogen) atoms. The Morgan fingerprint density at radius 2 is 1.79 bits per heavy atom. The second-order valence-electron chi connectivity index (χ2n) is 8.19. The number of nitrogens with one attached hydrogen (secondary N) is 3. The molecule has 0 atom stereocenters. The van der Waals surface area contributed by atoms with Crippen molar-refractivity contribution in [2.24, 2.45) is 4.99 Å². The third-order valence-corrected chi connectivity index (χ3v) is 6.13. The van der Waals surface area contributed by atoms with Gasteiger partial charge in [0.05, 0.1) is 12.8 Å². The maximum Gasteiger partial charge on any atom is 0.287 e.